The van der Waals surface area contributed by atoms with Gasteiger partial charge in [0.1, 0.15) is 5.82 Å². The Balaban J connectivity index is 2.56. The Labute approximate surface area is 132 Å². The molecule has 0 fully saturated rings. The zero-order valence-electron chi connectivity index (χ0n) is 12.7. The number of aryl methyl sites for hydroxylation is 1. The van der Waals surface area contributed by atoms with Crippen LogP contribution in [0.1, 0.15) is 25.6 Å². The molecule has 2 rings (SSSR count). The van der Waals surface area contributed by atoms with Crippen LogP contribution in [0, 0.1) is 12.3 Å². The van der Waals surface area contributed by atoms with Crippen LogP contribution in [-0.2, 0) is 4.79 Å². The second-order valence-corrected chi connectivity index (χ2v) is 7.55. The summed E-state index contributed by atoms with van der Waals surface area (Å²) in [6, 6.07) is 1.81. The number of amides is 1. The van der Waals surface area contributed by atoms with Gasteiger partial charge in [0.25, 0.3) is 5.91 Å². The van der Waals surface area contributed by atoms with Gasteiger partial charge in [-0.25, -0.2) is 9.97 Å². The summed E-state index contributed by atoms with van der Waals surface area (Å²) < 4.78 is 1.84. The van der Waals surface area contributed by atoms with Gasteiger partial charge in [-0.1, -0.05) is 32.5 Å². The monoisotopic (exact) mass is 322 g/mol. The van der Waals surface area contributed by atoms with E-state index >= 15 is 0 Å². The van der Waals surface area contributed by atoms with Gasteiger partial charge in [0, 0.05) is 22.7 Å². The van der Waals surface area contributed by atoms with Crippen LogP contribution in [0.15, 0.2) is 28.6 Å². The third-order valence-electron chi connectivity index (χ3n) is 2.66. The Morgan fingerprint density at radius 1 is 1.43 bits per heavy atom. The normalized spacial score (nSPS) is 12.7. The molecule has 0 bridgehead atoms. The Morgan fingerprint density at radius 3 is 2.76 bits per heavy atom. The van der Waals surface area contributed by atoms with Gasteiger partial charge >= 0.3 is 0 Å². The van der Waals surface area contributed by atoms with Gasteiger partial charge < -0.3 is 0 Å². The number of carbonyl (C=O) groups excluding carboxylic acids is 1. The first-order valence-electron chi connectivity index (χ1n) is 6.47. The fourth-order valence-electron chi connectivity index (χ4n) is 1.52. The Kier molecular flexibility index (Phi) is 4.63. The van der Waals surface area contributed by atoms with Crippen molar-refractivity contribution in [2.75, 3.05) is 6.26 Å². The summed E-state index contributed by atoms with van der Waals surface area (Å²) in [7, 11) is 0. The van der Waals surface area contributed by atoms with E-state index < -0.39 is 5.41 Å². The van der Waals surface area contributed by atoms with Crippen molar-refractivity contribution in [1.29, 1.82) is 0 Å². The number of thioether (sulfide) groups is 1. The van der Waals surface area contributed by atoms with Crippen molar-refractivity contribution in [2.24, 2.45) is 10.4 Å². The van der Waals surface area contributed by atoms with E-state index in [0.29, 0.717) is 9.96 Å². The van der Waals surface area contributed by atoms with Crippen molar-refractivity contribution in [3.05, 3.63) is 28.1 Å². The first kappa shape index (κ1) is 15.9. The predicted molar refractivity (Wildman–Crippen MR) is 85.8 cm³/mol. The number of nitrogens with zero attached hydrogens (tertiary/aromatic N) is 4. The molecule has 0 N–H and O–H groups in total. The van der Waals surface area contributed by atoms with Crippen molar-refractivity contribution in [2.45, 2.75) is 32.9 Å². The molecular weight excluding hydrogens is 304 g/mol. The molecule has 112 valence electrons. The first-order valence-corrected chi connectivity index (χ1v) is 8.51. The van der Waals surface area contributed by atoms with E-state index in [0.717, 1.165) is 10.7 Å². The lowest BCUT2D eigenvalue weighted by molar-refractivity contribution is -0.125. The molecule has 0 saturated carbocycles. The van der Waals surface area contributed by atoms with E-state index in [1.54, 1.807) is 6.20 Å². The molecule has 0 saturated heterocycles. The van der Waals surface area contributed by atoms with E-state index in [9.17, 15) is 4.79 Å². The van der Waals surface area contributed by atoms with Crippen LogP contribution in [0.4, 0.5) is 0 Å². The highest BCUT2D eigenvalue weighted by Crippen LogP contribution is 2.16. The number of thiazole rings is 1. The fourth-order valence-corrected chi connectivity index (χ4v) is 2.69. The Hall–Kier alpha value is -1.47. The minimum absolute atomic E-state index is 0.141. The van der Waals surface area contributed by atoms with Gasteiger partial charge in [-0.05, 0) is 19.2 Å². The number of aromatic nitrogens is 3. The Bertz CT molecular complexity index is 725. The second-order valence-electron chi connectivity index (χ2n) is 5.56. The zero-order valence-corrected chi connectivity index (χ0v) is 14.4. The van der Waals surface area contributed by atoms with Gasteiger partial charge in [0.05, 0.1) is 0 Å². The van der Waals surface area contributed by atoms with E-state index in [1.165, 1.54) is 23.1 Å². The molecule has 0 atom stereocenters. The van der Waals surface area contributed by atoms with E-state index in [4.69, 9.17) is 0 Å². The molecule has 7 heteroatoms. The second kappa shape index (κ2) is 6.11. The van der Waals surface area contributed by atoms with Crippen molar-refractivity contribution in [1.82, 2.24) is 14.5 Å². The summed E-state index contributed by atoms with van der Waals surface area (Å²) in [5.74, 6) is 0.580. The van der Waals surface area contributed by atoms with Crippen LogP contribution in [0.3, 0.4) is 0 Å². The van der Waals surface area contributed by atoms with Crippen LogP contribution >= 0.6 is 23.1 Å². The van der Waals surface area contributed by atoms with Crippen LogP contribution < -0.4 is 4.80 Å². The average molecular weight is 322 g/mol. The number of rotatable bonds is 2. The molecule has 21 heavy (non-hydrogen) atoms. The molecule has 0 unspecified atom stereocenters. The number of hydrogen-bond donors (Lipinski definition) is 0. The largest absolute Gasteiger partial charge is 0.276 e. The molecule has 0 aliphatic heterocycles. The van der Waals surface area contributed by atoms with Crippen LogP contribution in [0.2, 0.25) is 0 Å². The van der Waals surface area contributed by atoms with E-state index in [1.807, 2.05) is 50.8 Å². The van der Waals surface area contributed by atoms with Gasteiger partial charge in [0.2, 0.25) is 0 Å². The molecule has 0 radical (unpaired) electrons. The van der Waals surface area contributed by atoms with Crippen molar-refractivity contribution in [3.63, 3.8) is 0 Å². The van der Waals surface area contributed by atoms with Gasteiger partial charge in [-0.2, -0.15) is 4.99 Å². The SMILES string of the molecule is CSc1nccc(-n2cc(C)sc2=NC(=O)C(C)(C)C)n1. The molecule has 0 aliphatic carbocycles. The fraction of sp³-hybridized carbons (Fsp3) is 0.429. The van der Waals surface area contributed by atoms with E-state index in [2.05, 4.69) is 15.0 Å². The lowest BCUT2D eigenvalue weighted by Crippen LogP contribution is -2.23. The summed E-state index contributed by atoms with van der Waals surface area (Å²) in [6.45, 7) is 7.57. The third-order valence-corrected chi connectivity index (χ3v) is 4.12. The highest BCUT2D eigenvalue weighted by molar-refractivity contribution is 7.98. The molecule has 1 amide bonds. The quantitative estimate of drug-likeness (QED) is 0.630. The van der Waals surface area contributed by atoms with E-state index in [-0.39, 0.29) is 5.91 Å². The maximum atomic E-state index is 12.1. The Morgan fingerprint density at radius 2 is 2.14 bits per heavy atom. The standard InChI is InChI=1S/C14H18N4OS2/c1-9-8-18(10-6-7-15-12(16-10)20-5)13(21-9)17-11(19)14(2,3)4/h6-8H,1-5H3. The zero-order chi connectivity index (χ0) is 15.6. The molecular formula is C14H18N4OS2. The van der Waals surface area contributed by atoms with Gasteiger partial charge in [0.15, 0.2) is 9.96 Å². The summed E-state index contributed by atoms with van der Waals surface area (Å²) in [5.41, 5.74) is -0.494. The number of hydrogen-bond acceptors (Lipinski definition) is 5. The molecule has 0 spiro atoms. The molecule has 5 nitrogen and oxygen atoms in total. The van der Waals surface area contributed by atoms with Crippen LogP contribution in [0.5, 0.6) is 0 Å². The maximum absolute atomic E-state index is 12.1. The summed E-state index contributed by atoms with van der Waals surface area (Å²) in [4.78, 5) is 26.7. The smallest absolute Gasteiger partial charge is 0.253 e. The van der Waals surface area contributed by atoms with Crippen molar-refractivity contribution >= 4 is 29.0 Å². The first-order chi connectivity index (χ1) is 9.81. The van der Waals surface area contributed by atoms with Gasteiger partial charge in [-0.15, -0.1) is 11.3 Å². The molecule has 2 aromatic heterocycles. The van der Waals surface area contributed by atoms with Crippen molar-refractivity contribution in [3.8, 4) is 5.82 Å². The highest BCUT2D eigenvalue weighted by atomic mass is 32.2. The summed E-state index contributed by atoms with van der Waals surface area (Å²) in [6.07, 6.45) is 5.58. The minimum Gasteiger partial charge on any atom is -0.276 e. The van der Waals surface area contributed by atoms with Crippen molar-refractivity contribution < 1.29 is 4.79 Å². The molecule has 2 heterocycles. The topological polar surface area (TPSA) is 60.1 Å². The lowest BCUT2D eigenvalue weighted by atomic mass is 9.96. The predicted octanol–water partition coefficient (Wildman–Crippen LogP) is 2.83. The maximum Gasteiger partial charge on any atom is 0.253 e. The average Bonchev–Trinajstić information content (AvgIpc) is 2.78. The third kappa shape index (κ3) is 3.79. The summed E-state index contributed by atoms with van der Waals surface area (Å²) >= 11 is 2.95. The summed E-state index contributed by atoms with van der Waals surface area (Å²) in [5, 5.41) is 0.692. The lowest BCUT2D eigenvalue weighted by Gasteiger charge is -2.11. The molecule has 2 aromatic rings. The number of carbonyl (C=O) groups is 1. The van der Waals surface area contributed by atoms with Gasteiger partial charge in [-0.3, -0.25) is 9.36 Å². The van der Waals surface area contributed by atoms with Crippen LogP contribution in [-0.4, -0.2) is 26.7 Å². The van der Waals surface area contributed by atoms with Crippen LogP contribution in [0.25, 0.3) is 5.82 Å². The molecule has 0 aliphatic rings. The highest BCUT2D eigenvalue weighted by Gasteiger charge is 2.21. The molecule has 0 aromatic carbocycles. The minimum atomic E-state index is -0.494.